The third-order valence-electron chi connectivity index (χ3n) is 2.40. The van der Waals surface area contributed by atoms with Crippen molar-refractivity contribution in [3.63, 3.8) is 0 Å². The highest BCUT2D eigenvalue weighted by Crippen LogP contribution is 2.35. The highest BCUT2D eigenvalue weighted by atomic mass is 79.9. The maximum absolute atomic E-state index is 12.6. The second kappa shape index (κ2) is 5.70. The third-order valence-corrected chi connectivity index (χ3v) is 4.22. The Morgan fingerprint density at radius 2 is 1.84 bits per heavy atom. The zero-order chi connectivity index (χ0) is 14.8. The Hall–Kier alpha value is -0.760. The number of halogens is 4. The second-order valence-electron chi connectivity index (χ2n) is 4.08. The van der Waals surface area contributed by atoms with Gasteiger partial charge in [-0.3, -0.25) is 0 Å². The number of nitrogens with zero attached hydrogens (tertiary/aromatic N) is 1. The van der Waals surface area contributed by atoms with Crippen molar-refractivity contribution in [1.82, 2.24) is 0 Å². The van der Waals surface area contributed by atoms with Crippen molar-refractivity contribution in [3.8, 4) is 0 Å². The lowest BCUT2D eigenvalue weighted by Crippen LogP contribution is -2.29. The summed E-state index contributed by atoms with van der Waals surface area (Å²) in [7, 11) is -3.80. The average molecular weight is 360 g/mol. The van der Waals surface area contributed by atoms with Gasteiger partial charge in [-0.15, -0.1) is 0 Å². The Kier molecular flexibility index (Phi) is 4.89. The van der Waals surface area contributed by atoms with Crippen LogP contribution >= 0.6 is 15.9 Å². The molecule has 19 heavy (non-hydrogen) atoms. The molecule has 0 saturated carbocycles. The van der Waals surface area contributed by atoms with Crippen LogP contribution in [-0.4, -0.2) is 32.3 Å². The number of sulfone groups is 1. The summed E-state index contributed by atoms with van der Waals surface area (Å²) in [6, 6.07) is 5.09. The standard InChI is InChI=1S/C11H13BrF3NO2S/c1-8(12)7-16(2)9-5-3-4-6-10(9)19(17,18)11(13,14)15/h3-6,8H,7H2,1-2H3. The fourth-order valence-electron chi connectivity index (χ4n) is 1.60. The number of benzene rings is 1. The van der Waals surface area contributed by atoms with Crippen molar-refractivity contribution in [2.24, 2.45) is 0 Å². The fraction of sp³-hybridized carbons (Fsp3) is 0.455. The predicted octanol–water partition coefficient (Wildman–Crippen LogP) is 3.20. The minimum absolute atomic E-state index is 0.0131. The molecule has 0 spiro atoms. The predicted molar refractivity (Wildman–Crippen MR) is 71.3 cm³/mol. The van der Waals surface area contributed by atoms with Gasteiger partial charge < -0.3 is 4.90 Å². The first-order valence-corrected chi connectivity index (χ1v) is 7.73. The van der Waals surface area contributed by atoms with Crippen LogP contribution in [0, 0.1) is 0 Å². The number of hydrogen-bond acceptors (Lipinski definition) is 3. The second-order valence-corrected chi connectivity index (χ2v) is 7.55. The summed E-state index contributed by atoms with van der Waals surface area (Å²) in [6.45, 7) is 2.20. The van der Waals surface area contributed by atoms with Crippen molar-refractivity contribution in [3.05, 3.63) is 24.3 Å². The maximum Gasteiger partial charge on any atom is 0.501 e. The Morgan fingerprint density at radius 3 is 2.32 bits per heavy atom. The van der Waals surface area contributed by atoms with Gasteiger partial charge in [0, 0.05) is 18.4 Å². The molecular formula is C11H13BrF3NO2S. The molecule has 0 N–H and O–H groups in total. The van der Waals surface area contributed by atoms with Crippen LogP contribution in [0.1, 0.15) is 6.92 Å². The van der Waals surface area contributed by atoms with E-state index in [-0.39, 0.29) is 10.5 Å². The molecule has 0 fully saturated rings. The highest BCUT2D eigenvalue weighted by molar-refractivity contribution is 9.09. The van der Waals surface area contributed by atoms with Gasteiger partial charge in [-0.2, -0.15) is 13.2 Å². The molecule has 0 saturated heterocycles. The molecule has 0 heterocycles. The minimum Gasteiger partial charge on any atom is -0.372 e. The Labute approximate surface area is 118 Å². The molecule has 0 aliphatic carbocycles. The number of hydrogen-bond donors (Lipinski definition) is 0. The SMILES string of the molecule is CC(Br)CN(C)c1ccccc1S(=O)(=O)C(F)(F)F. The molecule has 0 aliphatic rings. The van der Waals surface area contributed by atoms with Gasteiger partial charge in [-0.1, -0.05) is 35.0 Å². The van der Waals surface area contributed by atoms with Gasteiger partial charge in [0.1, 0.15) is 0 Å². The molecule has 0 bridgehead atoms. The quantitative estimate of drug-likeness (QED) is 0.774. The van der Waals surface area contributed by atoms with Crippen LogP contribution in [0.25, 0.3) is 0 Å². The van der Waals surface area contributed by atoms with E-state index >= 15 is 0 Å². The first-order chi connectivity index (χ1) is 8.57. The van der Waals surface area contributed by atoms with Crippen molar-refractivity contribution < 1.29 is 21.6 Å². The zero-order valence-electron chi connectivity index (χ0n) is 10.3. The van der Waals surface area contributed by atoms with Crippen molar-refractivity contribution in [2.75, 3.05) is 18.5 Å². The van der Waals surface area contributed by atoms with E-state index in [1.165, 1.54) is 23.1 Å². The van der Waals surface area contributed by atoms with Gasteiger partial charge in [0.2, 0.25) is 0 Å². The maximum atomic E-state index is 12.6. The van der Waals surface area contributed by atoms with Crippen LogP contribution in [0.3, 0.4) is 0 Å². The van der Waals surface area contributed by atoms with Crippen LogP contribution in [0.5, 0.6) is 0 Å². The highest BCUT2D eigenvalue weighted by Gasteiger charge is 2.48. The van der Waals surface area contributed by atoms with Crippen LogP contribution in [0.15, 0.2) is 29.2 Å². The van der Waals surface area contributed by atoms with E-state index in [1.807, 2.05) is 6.92 Å². The first kappa shape index (κ1) is 16.3. The van der Waals surface area contributed by atoms with E-state index in [4.69, 9.17) is 0 Å². The lowest BCUT2D eigenvalue weighted by atomic mass is 10.3. The van der Waals surface area contributed by atoms with Gasteiger partial charge >= 0.3 is 5.51 Å². The molecule has 1 unspecified atom stereocenters. The molecule has 1 aromatic carbocycles. The largest absolute Gasteiger partial charge is 0.501 e. The Morgan fingerprint density at radius 1 is 1.32 bits per heavy atom. The van der Waals surface area contributed by atoms with Crippen molar-refractivity contribution in [1.29, 1.82) is 0 Å². The summed E-state index contributed by atoms with van der Waals surface area (Å²) < 4.78 is 60.8. The number of para-hydroxylation sites is 1. The summed E-state index contributed by atoms with van der Waals surface area (Å²) in [5.41, 5.74) is -5.27. The van der Waals surface area contributed by atoms with E-state index in [2.05, 4.69) is 15.9 Å². The van der Waals surface area contributed by atoms with Crippen molar-refractivity contribution in [2.45, 2.75) is 22.2 Å². The number of anilines is 1. The van der Waals surface area contributed by atoms with Gasteiger partial charge in [-0.05, 0) is 12.1 Å². The molecule has 3 nitrogen and oxygen atoms in total. The summed E-state index contributed by atoms with van der Waals surface area (Å²) in [5, 5.41) is 0. The molecule has 0 aromatic heterocycles. The van der Waals surface area contributed by atoms with E-state index in [0.29, 0.717) is 6.54 Å². The minimum atomic E-state index is -5.34. The molecule has 0 amide bonds. The Bertz CT molecular complexity index is 543. The van der Waals surface area contributed by atoms with Gasteiger partial charge in [0.15, 0.2) is 0 Å². The van der Waals surface area contributed by atoms with Crippen LogP contribution in [0.4, 0.5) is 18.9 Å². The monoisotopic (exact) mass is 359 g/mol. The number of rotatable bonds is 4. The summed E-state index contributed by atoms with van der Waals surface area (Å²) in [5.74, 6) is 0. The fourth-order valence-corrected chi connectivity index (χ4v) is 3.04. The van der Waals surface area contributed by atoms with E-state index in [0.717, 1.165) is 6.07 Å². The van der Waals surface area contributed by atoms with Crippen LogP contribution in [-0.2, 0) is 9.84 Å². The smallest absolute Gasteiger partial charge is 0.372 e. The molecule has 1 aromatic rings. The zero-order valence-corrected chi connectivity index (χ0v) is 12.7. The van der Waals surface area contributed by atoms with Crippen molar-refractivity contribution >= 4 is 31.5 Å². The van der Waals surface area contributed by atoms with Gasteiger partial charge in [-0.25, -0.2) is 8.42 Å². The molecular weight excluding hydrogens is 347 g/mol. The summed E-state index contributed by atoms with van der Waals surface area (Å²) >= 11 is 3.27. The lowest BCUT2D eigenvalue weighted by Gasteiger charge is -2.23. The van der Waals surface area contributed by atoms with Crippen LogP contribution < -0.4 is 4.90 Å². The molecule has 8 heteroatoms. The topological polar surface area (TPSA) is 37.4 Å². The van der Waals surface area contributed by atoms with E-state index in [9.17, 15) is 21.6 Å². The summed E-state index contributed by atoms with van der Waals surface area (Å²) in [6.07, 6.45) is 0. The molecule has 108 valence electrons. The summed E-state index contributed by atoms with van der Waals surface area (Å²) in [4.78, 5) is 0.759. The molecule has 0 aliphatic heterocycles. The Balaban J connectivity index is 3.32. The molecule has 0 radical (unpaired) electrons. The van der Waals surface area contributed by atoms with Gasteiger partial charge in [0.25, 0.3) is 9.84 Å². The van der Waals surface area contributed by atoms with E-state index in [1.54, 1.807) is 7.05 Å². The van der Waals surface area contributed by atoms with Crippen LogP contribution in [0.2, 0.25) is 0 Å². The normalized spacial score (nSPS) is 14.2. The van der Waals surface area contributed by atoms with Gasteiger partial charge in [0.05, 0.1) is 10.6 Å². The first-order valence-electron chi connectivity index (χ1n) is 5.33. The molecule has 1 rings (SSSR count). The number of alkyl halides is 4. The third kappa shape index (κ3) is 3.62. The average Bonchev–Trinajstić information content (AvgIpc) is 2.26. The molecule has 1 atom stereocenters. The van der Waals surface area contributed by atoms with E-state index < -0.39 is 20.2 Å². The lowest BCUT2D eigenvalue weighted by molar-refractivity contribution is -0.0435.